The molecule has 7 heteroatoms. The van der Waals surface area contributed by atoms with Crippen LogP contribution < -0.4 is 10.6 Å². The second-order valence-electron chi connectivity index (χ2n) is 4.68. The lowest BCUT2D eigenvalue weighted by Crippen LogP contribution is -2.32. The van der Waals surface area contributed by atoms with Gasteiger partial charge in [-0.25, -0.2) is 4.39 Å². The number of carbonyl (C=O) groups is 1. The number of nitrogens with zero attached hydrogens (tertiary/aromatic N) is 1. The van der Waals surface area contributed by atoms with E-state index in [0.717, 1.165) is 25.1 Å². The van der Waals surface area contributed by atoms with Gasteiger partial charge in [-0.3, -0.25) is 9.89 Å². The Morgan fingerprint density at radius 3 is 2.64 bits per heavy atom. The molecule has 1 heterocycles. The van der Waals surface area contributed by atoms with E-state index in [1.807, 2.05) is 0 Å². The molecule has 1 aromatic heterocycles. The molecular weight excluding hydrogens is 307 g/mol. The molecule has 0 saturated heterocycles. The van der Waals surface area contributed by atoms with Crippen molar-refractivity contribution in [3.63, 3.8) is 0 Å². The standard InChI is InChI=1S/C15H19FN4O.ClH/c1-2-7-17-8-9-18-15(21)14-10-13(19-20-14)11-3-5-12(16)6-4-11;/h3-6,10,17H,2,7-9H2,1H3,(H,18,21)(H,19,20);1H. The summed E-state index contributed by atoms with van der Waals surface area (Å²) in [6.45, 7) is 4.32. The Balaban J connectivity index is 0.00000242. The van der Waals surface area contributed by atoms with E-state index in [0.29, 0.717) is 17.9 Å². The summed E-state index contributed by atoms with van der Waals surface area (Å²) in [4.78, 5) is 11.9. The first kappa shape index (κ1) is 18.1. The average molecular weight is 327 g/mol. The van der Waals surface area contributed by atoms with Gasteiger partial charge in [-0.05, 0) is 43.3 Å². The second-order valence-corrected chi connectivity index (χ2v) is 4.68. The van der Waals surface area contributed by atoms with E-state index >= 15 is 0 Å². The van der Waals surface area contributed by atoms with E-state index in [9.17, 15) is 9.18 Å². The third kappa shape index (κ3) is 5.13. The number of aromatic amines is 1. The van der Waals surface area contributed by atoms with Crippen LogP contribution in [0.2, 0.25) is 0 Å². The van der Waals surface area contributed by atoms with Crippen molar-refractivity contribution >= 4 is 18.3 Å². The Bertz CT molecular complexity index is 585. The number of hydrogen-bond donors (Lipinski definition) is 3. The number of nitrogens with one attached hydrogen (secondary N) is 3. The molecule has 22 heavy (non-hydrogen) atoms. The molecule has 0 unspecified atom stereocenters. The zero-order valence-corrected chi connectivity index (χ0v) is 13.2. The molecule has 0 aliphatic heterocycles. The third-order valence-electron chi connectivity index (χ3n) is 2.98. The highest BCUT2D eigenvalue weighted by Gasteiger charge is 2.10. The number of amides is 1. The lowest BCUT2D eigenvalue weighted by Gasteiger charge is -2.04. The van der Waals surface area contributed by atoms with Crippen molar-refractivity contribution in [2.75, 3.05) is 19.6 Å². The first-order valence-electron chi connectivity index (χ1n) is 7.01. The summed E-state index contributed by atoms with van der Waals surface area (Å²) in [5.41, 5.74) is 1.77. The Hall–Kier alpha value is -1.92. The number of aromatic nitrogens is 2. The van der Waals surface area contributed by atoms with Crippen molar-refractivity contribution in [1.82, 2.24) is 20.8 Å². The minimum Gasteiger partial charge on any atom is -0.349 e. The van der Waals surface area contributed by atoms with E-state index in [2.05, 4.69) is 27.8 Å². The summed E-state index contributed by atoms with van der Waals surface area (Å²) in [6, 6.07) is 7.64. The van der Waals surface area contributed by atoms with E-state index in [-0.39, 0.29) is 24.1 Å². The van der Waals surface area contributed by atoms with Gasteiger partial charge >= 0.3 is 0 Å². The topological polar surface area (TPSA) is 69.8 Å². The highest BCUT2D eigenvalue weighted by atomic mass is 35.5. The molecule has 1 amide bonds. The number of carbonyl (C=O) groups excluding carboxylic acids is 1. The summed E-state index contributed by atoms with van der Waals surface area (Å²) in [5, 5.41) is 12.8. The van der Waals surface area contributed by atoms with Gasteiger partial charge in [-0.15, -0.1) is 12.4 Å². The van der Waals surface area contributed by atoms with Gasteiger partial charge in [-0.2, -0.15) is 5.10 Å². The minimum atomic E-state index is -0.299. The van der Waals surface area contributed by atoms with Crippen LogP contribution in [0.15, 0.2) is 30.3 Å². The normalized spacial score (nSPS) is 10.1. The fourth-order valence-electron chi connectivity index (χ4n) is 1.87. The van der Waals surface area contributed by atoms with Crippen LogP contribution in [0, 0.1) is 5.82 Å². The zero-order chi connectivity index (χ0) is 15.1. The Morgan fingerprint density at radius 2 is 1.95 bits per heavy atom. The maximum Gasteiger partial charge on any atom is 0.269 e. The van der Waals surface area contributed by atoms with E-state index in [1.54, 1.807) is 18.2 Å². The SMILES string of the molecule is CCCNCCNC(=O)c1cc(-c2ccc(F)cc2)n[nH]1.Cl. The summed E-state index contributed by atoms with van der Waals surface area (Å²) in [7, 11) is 0. The molecule has 0 aliphatic rings. The van der Waals surface area contributed by atoms with Crippen molar-refractivity contribution in [3.05, 3.63) is 41.8 Å². The van der Waals surface area contributed by atoms with Crippen LogP contribution in [0.4, 0.5) is 4.39 Å². The number of H-pyrrole nitrogens is 1. The number of hydrogen-bond acceptors (Lipinski definition) is 3. The van der Waals surface area contributed by atoms with Crippen molar-refractivity contribution in [2.24, 2.45) is 0 Å². The molecule has 2 rings (SSSR count). The van der Waals surface area contributed by atoms with E-state index in [4.69, 9.17) is 0 Å². The van der Waals surface area contributed by atoms with Crippen LogP contribution in [-0.4, -0.2) is 35.7 Å². The van der Waals surface area contributed by atoms with Crippen molar-refractivity contribution < 1.29 is 9.18 Å². The first-order valence-corrected chi connectivity index (χ1v) is 7.01. The van der Waals surface area contributed by atoms with Gasteiger partial charge in [-0.1, -0.05) is 6.92 Å². The molecular formula is C15H20ClFN4O. The quantitative estimate of drug-likeness (QED) is 0.684. The fourth-order valence-corrected chi connectivity index (χ4v) is 1.87. The maximum absolute atomic E-state index is 12.9. The average Bonchev–Trinajstić information content (AvgIpc) is 2.97. The molecule has 120 valence electrons. The van der Waals surface area contributed by atoms with Gasteiger partial charge in [0.2, 0.25) is 0 Å². The molecule has 0 fully saturated rings. The predicted molar refractivity (Wildman–Crippen MR) is 86.7 cm³/mol. The van der Waals surface area contributed by atoms with Crippen molar-refractivity contribution in [2.45, 2.75) is 13.3 Å². The highest BCUT2D eigenvalue weighted by Crippen LogP contribution is 2.17. The molecule has 0 radical (unpaired) electrons. The second kappa shape index (κ2) is 9.17. The molecule has 2 aromatic rings. The van der Waals surface area contributed by atoms with Crippen LogP contribution >= 0.6 is 12.4 Å². The third-order valence-corrected chi connectivity index (χ3v) is 2.98. The molecule has 1 aromatic carbocycles. The molecule has 0 spiro atoms. The van der Waals surface area contributed by atoms with E-state index in [1.165, 1.54) is 12.1 Å². The highest BCUT2D eigenvalue weighted by molar-refractivity contribution is 5.93. The predicted octanol–water partition coefficient (Wildman–Crippen LogP) is 2.37. The van der Waals surface area contributed by atoms with Crippen LogP contribution in [-0.2, 0) is 0 Å². The first-order chi connectivity index (χ1) is 10.2. The smallest absolute Gasteiger partial charge is 0.269 e. The van der Waals surface area contributed by atoms with Gasteiger partial charge < -0.3 is 10.6 Å². The Labute approximate surface area is 135 Å². The molecule has 0 saturated carbocycles. The summed E-state index contributed by atoms with van der Waals surface area (Å²) < 4.78 is 12.9. The summed E-state index contributed by atoms with van der Waals surface area (Å²) in [6.07, 6.45) is 1.07. The molecule has 5 nitrogen and oxygen atoms in total. The Kier molecular flexibility index (Phi) is 7.56. The number of rotatable bonds is 7. The minimum absolute atomic E-state index is 0. The van der Waals surface area contributed by atoms with Crippen LogP contribution in [0.25, 0.3) is 11.3 Å². The summed E-state index contributed by atoms with van der Waals surface area (Å²) in [5.74, 6) is -0.499. The largest absolute Gasteiger partial charge is 0.349 e. The number of benzene rings is 1. The lowest BCUT2D eigenvalue weighted by molar-refractivity contribution is 0.0949. The summed E-state index contributed by atoms with van der Waals surface area (Å²) >= 11 is 0. The van der Waals surface area contributed by atoms with Crippen LogP contribution in [0.3, 0.4) is 0 Å². The fraction of sp³-hybridized carbons (Fsp3) is 0.333. The molecule has 0 aliphatic carbocycles. The van der Waals surface area contributed by atoms with Gasteiger partial charge in [0.25, 0.3) is 5.91 Å². The van der Waals surface area contributed by atoms with Gasteiger partial charge in [0.05, 0.1) is 5.69 Å². The molecule has 0 bridgehead atoms. The zero-order valence-electron chi connectivity index (χ0n) is 12.4. The van der Waals surface area contributed by atoms with E-state index < -0.39 is 0 Å². The van der Waals surface area contributed by atoms with Gasteiger partial charge in [0.15, 0.2) is 0 Å². The molecule has 0 atom stereocenters. The Morgan fingerprint density at radius 1 is 1.23 bits per heavy atom. The monoisotopic (exact) mass is 326 g/mol. The van der Waals surface area contributed by atoms with Crippen molar-refractivity contribution in [1.29, 1.82) is 0 Å². The van der Waals surface area contributed by atoms with Gasteiger partial charge in [0.1, 0.15) is 11.5 Å². The molecule has 3 N–H and O–H groups in total. The maximum atomic E-state index is 12.9. The van der Waals surface area contributed by atoms with Crippen LogP contribution in [0.5, 0.6) is 0 Å². The van der Waals surface area contributed by atoms with Crippen molar-refractivity contribution in [3.8, 4) is 11.3 Å². The lowest BCUT2D eigenvalue weighted by atomic mass is 10.1. The van der Waals surface area contributed by atoms with Crippen LogP contribution in [0.1, 0.15) is 23.8 Å². The number of halogens is 2. The van der Waals surface area contributed by atoms with Gasteiger partial charge in [0, 0.05) is 18.7 Å².